The van der Waals surface area contributed by atoms with Crippen molar-refractivity contribution in [1.82, 2.24) is 9.78 Å². The number of carboxylic acids is 1. The van der Waals surface area contributed by atoms with E-state index in [0.717, 1.165) is 37.7 Å². The number of carboxylic acid groups (broad SMARTS) is 1. The number of rotatable bonds is 4. The van der Waals surface area contributed by atoms with E-state index in [1.807, 2.05) is 24.3 Å². The van der Waals surface area contributed by atoms with E-state index in [1.54, 1.807) is 0 Å². The van der Waals surface area contributed by atoms with E-state index in [0.29, 0.717) is 5.69 Å². The van der Waals surface area contributed by atoms with Crippen LogP contribution in [0.4, 0.5) is 0 Å². The van der Waals surface area contributed by atoms with Crippen LogP contribution in [0.5, 0.6) is 5.75 Å². The molecule has 0 atom stereocenters. The van der Waals surface area contributed by atoms with Crippen molar-refractivity contribution < 1.29 is 15.0 Å². The number of aromatic nitrogens is 2. The summed E-state index contributed by atoms with van der Waals surface area (Å²) in [4.78, 5) is 24.3. The van der Waals surface area contributed by atoms with E-state index in [1.165, 1.54) is 10.2 Å². The predicted octanol–water partition coefficient (Wildman–Crippen LogP) is 4.04. The van der Waals surface area contributed by atoms with Crippen molar-refractivity contribution in [3.63, 3.8) is 0 Å². The van der Waals surface area contributed by atoms with Gasteiger partial charge in [0.1, 0.15) is 5.69 Å². The topological polar surface area (TPSA) is 92.4 Å². The van der Waals surface area contributed by atoms with Gasteiger partial charge in [-0.2, -0.15) is 5.10 Å². The van der Waals surface area contributed by atoms with Crippen LogP contribution in [0.2, 0.25) is 0 Å². The summed E-state index contributed by atoms with van der Waals surface area (Å²) in [7, 11) is 0. The Morgan fingerprint density at radius 3 is 2.29 bits per heavy atom. The van der Waals surface area contributed by atoms with Gasteiger partial charge in [-0.05, 0) is 29.4 Å². The van der Waals surface area contributed by atoms with Gasteiger partial charge in [0.05, 0.1) is 6.54 Å². The molecule has 0 saturated heterocycles. The zero-order valence-corrected chi connectivity index (χ0v) is 16.7. The van der Waals surface area contributed by atoms with Crippen LogP contribution in [0.15, 0.2) is 29.1 Å². The fraction of sp³-hybridized carbons (Fsp3) is 0.500. The molecule has 1 aliphatic carbocycles. The van der Waals surface area contributed by atoms with Crippen molar-refractivity contribution in [3.05, 3.63) is 57.0 Å². The fourth-order valence-corrected chi connectivity index (χ4v) is 3.82. The quantitative estimate of drug-likeness (QED) is 0.830. The third-order valence-electron chi connectivity index (χ3n) is 5.51. The van der Waals surface area contributed by atoms with Gasteiger partial charge in [-0.15, -0.1) is 0 Å². The first kappa shape index (κ1) is 20.1. The van der Waals surface area contributed by atoms with E-state index < -0.39 is 22.8 Å². The summed E-state index contributed by atoms with van der Waals surface area (Å²) < 4.78 is 1.18. The predicted molar refractivity (Wildman–Crippen MR) is 107 cm³/mol. The van der Waals surface area contributed by atoms with Crippen LogP contribution in [0.25, 0.3) is 0 Å². The molecule has 1 aliphatic rings. The summed E-state index contributed by atoms with van der Waals surface area (Å²) in [6, 6.07) is 7.90. The maximum absolute atomic E-state index is 12.7. The lowest BCUT2D eigenvalue weighted by molar-refractivity contribution is 0.0689. The number of nitrogens with zero attached hydrogens (tertiary/aromatic N) is 2. The Bertz CT molecular complexity index is 917. The van der Waals surface area contributed by atoms with Crippen molar-refractivity contribution >= 4 is 5.97 Å². The van der Waals surface area contributed by atoms with Crippen LogP contribution >= 0.6 is 0 Å². The minimum absolute atomic E-state index is 0.0121. The largest absolute Gasteiger partial charge is 0.505 e. The monoisotopic (exact) mass is 384 g/mol. The molecule has 6 nitrogen and oxygen atoms in total. The van der Waals surface area contributed by atoms with Crippen LogP contribution in [-0.2, 0) is 12.0 Å². The Kier molecular flexibility index (Phi) is 5.59. The first-order valence-electron chi connectivity index (χ1n) is 9.85. The van der Waals surface area contributed by atoms with Crippen LogP contribution in [0, 0.1) is 0 Å². The second-order valence-electron chi connectivity index (χ2n) is 8.66. The molecule has 0 bridgehead atoms. The lowest BCUT2D eigenvalue weighted by Crippen LogP contribution is -2.31. The van der Waals surface area contributed by atoms with Gasteiger partial charge in [-0.1, -0.05) is 64.3 Å². The van der Waals surface area contributed by atoms with Crippen LogP contribution in [-0.4, -0.2) is 26.0 Å². The summed E-state index contributed by atoms with van der Waals surface area (Å²) in [5, 5.41) is 24.3. The van der Waals surface area contributed by atoms with Crippen LogP contribution in [0.3, 0.4) is 0 Å². The van der Waals surface area contributed by atoms with E-state index in [9.17, 15) is 19.8 Å². The molecule has 1 aromatic heterocycles. The number of hydrogen-bond donors (Lipinski definition) is 2. The molecule has 2 N–H and O–H groups in total. The number of carbonyl (C=O) groups is 1. The number of hydrogen-bond acceptors (Lipinski definition) is 4. The first-order chi connectivity index (χ1) is 13.2. The standard InChI is InChI=1S/C22H28N2O4/c1-22(2,3)16-11-9-14(10-12-16)13-24-20(26)17(21(27)28)19(25)18(23-24)15-7-5-4-6-8-15/h9-12,15,25H,4-8,13H2,1-3H3,(H,27,28). The van der Waals surface area contributed by atoms with Gasteiger partial charge in [0.2, 0.25) is 0 Å². The number of aromatic carboxylic acids is 1. The van der Waals surface area contributed by atoms with E-state index in [-0.39, 0.29) is 17.9 Å². The third kappa shape index (κ3) is 4.11. The molecule has 2 aromatic rings. The molecule has 0 radical (unpaired) electrons. The fourth-order valence-electron chi connectivity index (χ4n) is 3.82. The van der Waals surface area contributed by atoms with E-state index in [4.69, 9.17) is 0 Å². The average molecular weight is 384 g/mol. The Labute approximate surface area is 164 Å². The highest BCUT2D eigenvalue weighted by Crippen LogP contribution is 2.36. The van der Waals surface area contributed by atoms with Gasteiger partial charge < -0.3 is 10.2 Å². The smallest absolute Gasteiger partial charge is 0.345 e. The first-order valence-corrected chi connectivity index (χ1v) is 9.85. The van der Waals surface area contributed by atoms with Crippen molar-refractivity contribution in [2.45, 2.75) is 70.8 Å². The Morgan fingerprint density at radius 2 is 1.75 bits per heavy atom. The molecule has 0 aliphatic heterocycles. The van der Waals surface area contributed by atoms with E-state index >= 15 is 0 Å². The molecule has 1 fully saturated rings. The highest BCUT2D eigenvalue weighted by Gasteiger charge is 2.28. The van der Waals surface area contributed by atoms with Crippen molar-refractivity contribution in [2.75, 3.05) is 0 Å². The number of aromatic hydroxyl groups is 1. The zero-order valence-electron chi connectivity index (χ0n) is 16.7. The Morgan fingerprint density at radius 1 is 1.14 bits per heavy atom. The van der Waals surface area contributed by atoms with Gasteiger partial charge in [0, 0.05) is 5.92 Å². The molecule has 1 saturated carbocycles. The number of benzene rings is 1. The van der Waals surface area contributed by atoms with E-state index in [2.05, 4.69) is 25.9 Å². The molecule has 28 heavy (non-hydrogen) atoms. The lowest BCUT2D eigenvalue weighted by Gasteiger charge is -2.23. The Hall–Kier alpha value is -2.63. The highest BCUT2D eigenvalue weighted by atomic mass is 16.4. The summed E-state index contributed by atoms with van der Waals surface area (Å²) in [6.07, 6.45) is 4.85. The molecule has 6 heteroatoms. The molecule has 1 heterocycles. The molecular formula is C22H28N2O4. The summed E-state index contributed by atoms with van der Waals surface area (Å²) in [5.41, 5.74) is 1.04. The second kappa shape index (κ2) is 7.78. The minimum Gasteiger partial charge on any atom is -0.505 e. The average Bonchev–Trinajstić information content (AvgIpc) is 2.64. The molecular weight excluding hydrogens is 356 g/mol. The molecule has 0 spiro atoms. The molecule has 0 amide bonds. The third-order valence-corrected chi connectivity index (χ3v) is 5.51. The Balaban J connectivity index is 2.01. The van der Waals surface area contributed by atoms with Gasteiger partial charge >= 0.3 is 5.97 Å². The van der Waals surface area contributed by atoms with Crippen LogP contribution in [0.1, 0.15) is 86.0 Å². The molecule has 0 unspecified atom stereocenters. The second-order valence-corrected chi connectivity index (χ2v) is 8.66. The SMILES string of the molecule is CC(C)(C)c1ccc(Cn2nc(C3CCCCC3)c(O)c(C(=O)O)c2=O)cc1. The van der Waals surface area contributed by atoms with Crippen LogP contribution < -0.4 is 5.56 Å². The summed E-state index contributed by atoms with van der Waals surface area (Å²) in [6.45, 7) is 6.56. The van der Waals surface area contributed by atoms with Gasteiger partial charge in [0.15, 0.2) is 11.3 Å². The van der Waals surface area contributed by atoms with Crippen molar-refractivity contribution in [2.24, 2.45) is 0 Å². The zero-order chi connectivity index (χ0) is 20.5. The molecule has 3 rings (SSSR count). The minimum atomic E-state index is -1.42. The maximum atomic E-state index is 12.7. The highest BCUT2D eigenvalue weighted by molar-refractivity contribution is 5.90. The molecule has 150 valence electrons. The lowest BCUT2D eigenvalue weighted by atomic mass is 9.86. The molecule has 1 aromatic carbocycles. The van der Waals surface area contributed by atoms with Crippen molar-refractivity contribution in [3.8, 4) is 5.75 Å². The summed E-state index contributed by atoms with van der Waals surface area (Å²) >= 11 is 0. The van der Waals surface area contributed by atoms with Crippen molar-refractivity contribution in [1.29, 1.82) is 0 Å². The summed E-state index contributed by atoms with van der Waals surface area (Å²) in [5.74, 6) is -1.90. The normalized spacial score (nSPS) is 15.5. The maximum Gasteiger partial charge on any atom is 0.345 e. The van der Waals surface area contributed by atoms with Gasteiger partial charge in [0.25, 0.3) is 5.56 Å². The van der Waals surface area contributed by atoms with Gasteiger partial charge in [-0.25, -0.2) is 9.48 Å². The van der Waals surface area contributed by atoms with Gasteiger partial charge in [-0.3, -0.25) is 4.79 Å².